The van der Waals surface area contributed by atoms with Crippen molar-refractivity contribution < 1.29 is 9.47 Å². The number of piperazine rings is 1. The van der Waals surface area contributed by atoms with Crippen molar-refractivity contribution in [2.75, 3.05) is 33.4 Å². The van der Waals surface area contributed by atoms with Crippen LogP contribution in [0, 0.1) is 0 Å². The maximum Gasteiger partial charge on any atom is 0.175 e. The van der Waals surface area contributed by atoms with Crippen molar-refractivity contribution in [1.29, 1.82) is 0 Å². The van der Waals surface area contributed by atoms with Gasteiger partial charge < -0.3 is 14.8 Å². The summed E-state index contributed by atoms with van der Waals surface area (Å²) in [6, 6.07) is 4.20. The van der Waals surface area contributed by atoms with Crippen LogP contribution in [0.15, 0.2) is 16.6 Å². The second kappa shape index (κ2) is 6.99. The van der Waals surface area contributed by atoms with Crippen LogP contribution in [0.3, 0.4) is 0 Å². The SMILES string of the molecule is CCOc1c(Br)cc(CN2CCNC(C)(C)C2)cc1OC. The lowest BCUT2D eigenvalue weighted by Crippen LogP contribution is -2.56. The fourth-order valence-corrected chi connectivity index (χ4v) is 3.39. The third kappa shape index (κ3) is 4.34. The standard InChI is InChI=1S/C16H25BrN2O2/c1-5-21-15-13(17)8-12(9-14(15)20-4)10-19-7-6-18-16(2,3)11-19/h8-9,18H,5-7,10-11H2,1-4H3. The molecule has 1 fully saturated rings. The molecule has 1 N–H and O–H groups in total. The van der Waals surface area contributed by atoms with Crippen molar-refractivity contribution in [2.45, 2.75) is 32.9 Å². The first-order valence-electron chi connectivity index (χ1n) is 7.42. The Morgan fingerprint density at radius 3 is 2.76 bits per heavy atom. The van der Waals surface area contributed by atoms with Crippen LogP contribution in [0.2, 0.25) is 0 Å². The lowest BCUT2D eigenvalue weighted by Gasteiger charge is -2.39. The molecule has 0 saturated carbocycles. The highest BCUT2D eigenvalue weighted by molar-refractivity contribution is 9.10. The van der Waals surface area contributed by atoms with Gasteiger partial charge in [-0.15, -0.1) is 0 Å². The first-order chi connectivity index (χ1) is 9.95. The summed E-state index contributed by atoms with van der Waals surface area (Å²) in [5, 5.41) is 3.54. The lowest BCUT2D eigenvalue weighted by molar-refractivity contribution is 0.148. The van der Waals surface area contributed by atoms with E-state index in [1.165, 1.54) is 5.56 Å². The van der Waals surface area contributed by atoms with Crippen LogP contribution in [0.5, 0.6) is 11.5 Å². The van der Waals surface area contributed by atoms with Gasteiger partial charge in [0.25, 0.3) is 0 Å². The van der Waals surface area contributed by atoms with Gasteiger partial charge in [-0.1, -0.05) is 0 Å². The average Bonchev–Trinajstić information content (AvgIpc) is 2.40. The molecule has 1 aliphatic heterocycles. The number of benzene rings is 1. The molecule has 0 atom stereocenters. The summed E-state index contributed by atoms with van der Waals surface area (Å²) in [6.45, 7) is 11.1. The molecule has 0 radical (unpaired) electrons. The Kier molecular flexibility index (Phi) is 5.52. The monoisotopic (exact) mass is 356 g/mol. The summed E-state index contributed by atoms with van der Waals surface area (Å²) in [5.74, 6) is 1.57. The number of halogens is 1. The summed E-state index contributed by atoms with van der Waals surface area (Å²) in [7, 11) is 1.68. The molecule has 1 aromatic carbocycles. The predicted molar refractivity (Wildman–Crippen MR) is 89.2 cm³/mol. The quantitative estimate of drug-likeness (QED) is 0.878. The number of ether oxygens (including phenoxy) is 2. The van der Waals surface area contributed by atoms with Crippen LogP contribution in [0.1, 0.15) is 26.3 Å². The van der Waals surface area contributed by atoms with Crippen LogP contribution in [0.25, 0.3) is 0 Å². The minimum atomic E-state index is 0.171. The molecule has 0 aliphatic carbocycles. The Morgan fingerprint density at radius 2 is 2.14 bits per heavy atom. The van der Waals surface area contributed by atoms with Crippen LogP contribution in [-0.4, -0.2) is 43.8 Å². The Balaban J connectivity index is 2.15. The lowest BCUT2D eigenvalue weighted by atomic mass is 10.0. The number of nitrogens with zero attached hydrogens (tertiary/aromatic N) is 1. The zero-order chi connectivity index (χ0) is 15.5. The topological polar surface area (TPSA) is 33.7 Å². The number of hydrogen-bond acceptors (Lipinski definition) is 4. The van der Waals surface area contributed by atoms with Gasteiger partial charge in [0.1, 0.15) is 0 Å². The first-order valence-corrected chi connectivity index (χ1v) is 8.21. The van der Waals surface area contributed by atoms with Gasteiger partial charge in [-0.25, -0.2) is 0 Å². The third-order valence-electron chi connectivity index (χ3n) is 3.63. The van der Waals surface area contributed by atoms with Crippen molar-refractivity contribution in [2.24, 2.45) is 0 Å². The molecular weight excluding hydrogens is 332 g/mol. The maximum atomic E-state index is 5.64. The molecule has 0 unspecified atom stereocenters. The van der Waals surface area contributed by atoms with E-state index in [0.717, 1.165) is 42.2 Å². The molecule has 1 saturated heterocycles. The molecule has 5 heteroatoms. The summed E-state index contributed by atoms with van der Waals surface area (Å²) >= 11 is 3.59. The molecule has 0 bridgehead atoms. The fraction of sp³-hybridized carbons (Fsp3) is 0.625. The predicted octanol–water partition coefficient (Wildman–Crippen LogP) is 3.04. The van der Waals surface area contributed by atoms with Gasteiger partial charge in [-0.3, -0.25) is 4.90 Å². The number of methoxy groups -OCH3 is 1. The van der Waals surface area contributed by atoms with Gasteiger partial charge >= 0.3 is 0 Å². The van der Waals surface area contributed by atoms with Crippen LogP contribution >= 0.6 is 15.9 Å². The molecule has 0 amide bonds. The van der Waals surface area contributed by atoms with E-state index in [2.05, 4.69) is 52.1 Å². The Morgan fingerprint density at radius 1 is 1.38 bits per heavy atom. The van der Waals surface area contributed by atoms with Gasteiger partial charge in [0.15, 0.2) is 11.5 Å². The first kappa shape index (κ1) is 16.6. The zero-order valence-corrected chi connectivity index (χ0v) is 14.9. The van der Waals surface area contributed by atoms with Gasteiger partial charge in [-0.05, 0) is 54.4 Å². The highest BCUT2D eigenvalue weighted by Crippen LogP contribution is 2.37. The average molecular weight is 357 g/mol. The van der Waals surface area contributed by atoms with Crippen LogP contribution in [-0.2, 0) is 6.54 Å². The minimum Gasteiger partial charge on any atom is -0.493 e. The Bertz CT molecular complexity index is 491. The minimum absolute atomic E-state index is 0.171. The molecule has 0 spiro atoms. The summed E-state index contributed by atoms with van der Waals surface area (Å²) in [6.07, 6.45) is 0. The van der Waals surface area contributed by atoms with E-state index in [-0.39, 0.29) is 5.54 Å². The highest BCUT2D eigenvalue weighted by Gasteiger charge is 2.25. The maximum absolute atomic E-state index is 5.64. The molecule has 1 heterocycles. The summed E-state index contributed by atoms with van der Waals surface area (Å²) in [4.78, 5) is 2.47. The van der Waals surface area contributed by atoms with Crippen molar-refractivity contribution in [3.8, 4) is 11.5 Å². The van der Waals surface area contributed by atoms with E-state index >= 15 is 0 Å². The third-order valence-corrected chi connectivity index (χ3v) is 4.22. The van der Waals surface area contributed by atoms with E-state index in [4.69, 9.17) is 9.47 Å². The second-order valence-electron chi connectivity index (χ2n) is 6.06. The molecular formula is C16H25BrN2O2. The normalized spacial score (nSPS) is 18.5. The smallest absolute Gasteiger partial charge is 0.175 e. The molecule has 1 aromatic rings. The molecule has 1 aliphatic rings. The van der Waals surface area contributed by atoms with Crippen LogP contribution < -0.4 is 14.8 Å². The van der Waals surface area contributed by atoms with E-state index in [1.807, 2.05) is 6.92 Å². The molecule has 0 aromatic heterocycles. The van der Waals surface area contributed by atoms with E-state index in [9.17, 15) is 0 Å². The van der Waals surface area contributed by atoms with Gasteiger partial charge in [0, 0.05) is 31.7 Å². The highest BCUT2D eigenvalue weighted by atomic mass is 79.9. The molecule has 2 rings (SSSR count). The molecule has 21 heavy (non-hydrogen) atoms. The van der Waals surface area contributed by atoms with Gasteiger partial charge in [0.05, 0.1) is 18.2 Å². The van der Waals surface area contributed by atoms with Crippen molar-refractivity contribution in [3.05, 3.63) is 22.2 Å². The van der Waals surface area contributed by atoms with Gasteiger partial charge in [0.2, 0.25) is 0 Å². The van der Waals surface area contributed by atoms with Crippen LogP contribution in [0.4, 0.5) is 0 Å². The molecule has 4 nitrogen and oxygen atoms in total. The Hall–Kier alpha value is -0.780. The number of nitrogens with one attached hydrogen (secondary N) is 1. The van der Waals surface area contributed by atoms with Gasteiger partial charge in [-0.2, -0.15) is 0 Å². The number of hydrogen-bond donors (Lipinski definition) is 1. The summed E-state index contributed by atoms with van der Waals surface area (Å²) < 4.78 is 12.1. The van der Waals surface area contributed by atoms with Crippen molar-refractivity contribution in [1.82, 2.24) is 10.2 Å². The zero-order valence-electron chi connectivity index (χ0n) is 13.3. The second-order valence-corrected chi connectivity index (χ2v) is 6.92. The van der Waals surface area contributed by atoms with Crippen molar-refractivity contribution in [3.63, 3.8) is 0 Å². The van der Waals surface area contributed by atoms with Crippen molar-refractivity contribution >= 4 is 15.9 Å². The Labute approximate surface area is 135 Å². The fourth-order valence-electron chi connectivity index (χ4n) is 2.79. The molecule has 118 valence electrons. The number of rotatable bonds is 5. The van der Waals surface area contributed by atoms with E-state index in [1.54, 1.807) is 7.11 Å². The van der Waals surface area contributed by atoms with E-state index < -0.39 is 0 Å². The largest absolute Gasteiger partial charge is 0.493 e. The van der Waals surface area contributed by atoms with E-state index in [0.29, 0.717) is 6.61 Å². The summed E-state index contributed by atoms with van der Waals surface area (Å²) in [5.41, 5.74) is 1.41.